The third-order valence-corrected chi connectivity index (χ3v) is 7.22. The van der Waals surface area contributed by atoms with Gasteiger partial charge in [0, 0.05) is 47.8 Å². The lowest BCUT2D eigenvalue weighted by Gasteiger charge is -2.37. The van der Waals surface area contributed by atoms with E-state index in [1.54, 1.807) is 16.2 Å². The van der Waals surface area contributed by atoms with Crippen LogP contribution in [0.2, 0.25) is 0 Å². The van der Waals surface area contributed by atoms with Crippen molar-refractivity contribution in [1.82, 2.24) is 19.8 Å². The van der Waals surface area contributed by atoms with Gasteiger partial charge in [0.2, 0.25) is 0 Å². The molecule has 0 spiro atoms. The van der Waals surface area contributed by atoms with E-state index in [1.807, 2.05) is 43.2 Å². The molecular weight excluding hydrogens is 434 g/mol. The monoisotopic (exact) mass is 454 g/mol. The van der Waals surface area contributed by atoms with E-state index in [1.165, 1.54) is 17.0 Å². The van der Waals surface area contributed by atoms with Crippen LogP contribution in [0, 0.1) is 18.6 Å². The number of carbonyl (C=O) groups excluding carboxylic acids is 1. The van der Waals surface area contributed by atoms with E-state index in [0.29, 0.717) is 6.54 Å². The summed E-state index contributed by atoms with van der Waals surface area (Å²) >= 11 is 1.68. The van der Waals surface area contributed by atoms with Crippen molar-refractivity contribution in [3.63, 3.8) is 0 Å². The summed E-state index contributed by atoms with van der Waals surface area (Å²) < 4.78 is 34.4. The predicted molar refractivity (Wildman–Crippen MR) is 115 cm³/mol. The molecule has 0 unspecified atom stereocenters. The van der Waals surface area contributed by atoms with Crippen LogP contribution in [0.5, 0.6) is 0 Å². The predicted octanol–water partition coefficient (Wildman–Crippen LogP) is 5.07. The minimum atomic E-state index is -0.776. The van der Waals surface area contributed by atoms with Gasteiger partial charge < -0.3 is 9.42 Å². The van der Waals surface area contributed by atoms with Gasteiger partial charge >= 0.3 is 0 Å². The van der Waals surface area contributed by atoms with Crippen LogP contribution < -0.4 is 0 Å². The van der Waals surface area contributed by atoms with Crippen molar-refractivity contribution in [1.29, 1.82) is 0 Å². The van der Waals surface area contributed by atoms with Crippen molar-refractivity contribution >= 4 is 17.2 Å². The van der Waals surface area contributed by atoms with Crippen molar-refractivity contribution in [3.05, 3.63) is 80.9 Å². The number of hydrogen-bond acceptors (Lipinski definition) is 5. The van der Waals surface area contributed by atoms with E-state index in [0.717, 1.165) is 29.0 Å². The summed E-state index contributed by atoms with van der Waals surface area (Å²) in [5.74, 6) is -1.70. The average Bonchev–Trinajstić information content (AvgIpc) is 3.50. The summed E-state index contributed by atoms with van der Waals surface area (Å²) in [5, 5.41) is 10.3. The molecule has 0 saturated carbocycles. The van der Waals surface area contributed by atoms with Gasteiger partial charge in [-0.25, -0.2) is 8.78 Å². The molecule has 0 radical (unpaired) electrons. The molecule has 0 saturated heterocycles. The van der Waals surface area contributed by atoms with Gasteiger partial charge in [-0.15, -0.1) is 11.3 Å². The second kappa shape index (κ2) is 7.67. The van der Waals surface area contributed by atoms with Gasteiger partial charge in [0.15, 0.2) is 11.5 Å². The number of nitrogens with zero attached hydrogens (tertiary/aromatic N) is 4. The lowest BCUT2D eigenvalue weighted by atomic mass is 9.88. The quantitative estimate of drug-likeness (QED) is 0.434. The number of thiophene rings is 1. The molecule has 2 atom stereocenters. The molecule has 3 aromatic heterocycles. The number of fused-ring (bicyclic) bond motifs is 1. The van der Waals surface area contributed by atoms with Gasteiger partial charge in [0.25, 0.3) is 5.91 Å². The van der Waals surface area contributed by atoms with Gasteiger partial charge in [0.1, 0.15) is 11.6 Å². The minimum Gasteiger partial charge on any atom is -0.355 e. The van der Waals surface area contributed by atoms with Crippen LogP contribution in [0.1, 0.15) is 51.1 Å². The van der Waals surface area contributed by atoms with Gasteiger partial charge in [0.05, 0.1) is 17.8 Å². The number of benzene rings is 1. The van der Waals surface area contributed by atoms with Gasteiger partial charge in [-0.1, -0.05) is 5.16 Å². The molecule has 4 heterocycles. The van der Waals surface area contributed by atoms with E-state index in [2.05, 4.69) is 10.3 Å². The fourth-order valence-electron chi connectivity index (χ4n) is 4.26. The first-order valence-electron chi connectivity index (χ1n) is 10.1. The van der Waals surface area contributed by atoms with Crippen LogP contribution in [-0.4, -0.2) is 32.3 Å². The Labute approximate surface area is 187 Å². The average molecular weight is 455 g/mol. The molecule has 0 aliphatic carbocycles. The Balaban J connectivity index is 1.49. The van der Waals surface area contributed by atoms with E-state index in [4.69, 9.17) is 4.52 Å². The third kappa shape index (κ3) is 3.24. The fourth-order valence-corrected chi connectivity index (χ4v) is 5.36. The number of halogens is 2. The standard InChI is InChI=1S/C23H20F2N4O2S/c1-12-17(10-26-28(12)3)18-11-29(13(2)15-6-7-32-22(15)18)23(30)20-9-21(31-27-20)16-5-4-14(24)8-19(16)25/h4-10,13,18H,11H2,1-3H3/t13-,18+/m1/s1. The molecule has 0 bridgehead atoms. The molecule has 0 fully saturated rings. The summed E-state index contributed by atoms with van der Waals surface area (Å²) in [7, 11) is 1.90. The molecule has 6 nitrogen and oxygen atoms in total. The van der Waals surface area contributed by atoms with E-state index < -0.39 is 11.6 Å². The number of rotatable bonds is 3. The lowest BCUT2D eigenvalue weighted by Crippen LogP contribution is -2.40. The zero-order valence-corrected chi connectivity index (χ0v) is 18.5. The Hall–Kier alpha value is -3.33. The fraction of sp³-hybridized carbons (Fsp3) is 0.261. The van der Waals surface area contributed by atoms with Gasteiger partial charge in [-0.3, -0.25) is 9.48 Å². The summed E-state index contributed by atoms with van der Waals surface area (Å²) in [6.45, 7) is 4.46. The molecule has 4 aromatic rings. The first kappa shape index (κ1) is 20.6. The zero-order valence-electron chi connectivity index (χ0n) is 17.7. The summed E-state index contributed by atoms with van der Waals surface area (Å²) in [5.41, 5.74) is 3.35. The summed E-state index contributed by atoms with van der Waals surface area (Å²) in [6, 6.07) is 6.46. The highest BCUT2D eigenvalue weighted by atomic mass is 32.1. The lowest BCUT2D eigenvalue weighted by molar-refractivity contribution is 0.0656. The van der Waals surface area contributed by atoms with Crippen LogP contribution >= 0.6 is 11.3 Å². The van der Waals surface area contributed by atoms with Crippen molar-refractivity contribution in [2.75, 3.05) is 6.54 Å². The highest BCUT2D eigenvalue weighted by molar-refractivity contribution is 7.10. The van der Waals surface area contributed by atoms with Crippen molar-refractivity contribution in [2.45, 2.75) is 25.8 Å². The van der Waals surface area contributed by atoms with Crippen molar-refractivity contribution < 1.29 is 18.1 Å². The van der Waals surface area contributed by atoms with Crippen LogP contribution in [0.4, 0.5) is 8.78 Å². The van der Waals surface area contributed by atoms with Crippen LogP contribution in [0.3, 0.4) is 0 Å². The molecule has 32 heavy (non-hydrogen) atoms. The van der Waals surface area contributed by atoms with Crippen LogP contribution in [-0.2, 0) is 7.05 Å². The molecule has 1 aliphatic rings. The van der Waals surface area contributed by atoms with E-state index in [-0.39, 0.29) is 34.9 Å². The maximum Gasteiger partial charge on any atom is 0.276 e. The zero-order chi connectivity index (χ0) is 22.6. The topological polar surface area (TPSA) is 64.2 Å². The molecule has 1 aliphatic heterocycles. The highest BCUT2D eigenvalue weighted by Gasteiger charge is 2.37. The summed E-state index contributed by atoms with van der Waals surface area (Å²) in [6.07, 6.45) is 1.85. The Kier molecular flexibility index (Phi) is 4.93. The van der Waals surface area contributed by atoms with Crippen LogP contribution in [0.15, 0.2) is 46.4 Å². The van der Waals surface area contributed by atoms with Gasteiger partial charge in [-0.05, 0) is 43.0 Å². The second-order valence-corrected chi connectivity index (χ2v) is 8.88. The second-order valence-electron chi connectivity index (χ2n) is 7.94. The Morgan fingerprint density at radius 2 is 2.03 bits per heavy atom. The van der Waals surface area contributed by atoms with Crippen molar-refractivity contribution in [2.24, 2.45) is 7.05 Å². The SMILES string of the molecule is Cc1c([C@@H]2CN(C(=O)c3cc(-c4ccc(F)cc4F)on3)[C@H](C)c3ccsc32)cnn1C. The van der Waals surface area contributed by atoms with Gasteiger partial charge in [-0.2, -0.15) is 5.10 Å². The summed E-state index contributed by atoms with van der Waals surface area (Å²) in [4.78, 5) is 16.4. The molecule has 164 valence electrons. The minimum absolute atomic E-state index is 0.000218. The maximum atomic E-state index is 14.1. The molecule has 9 heteroatoms. The molecule has 1 aromatic carbocycles. The Morgan fingerprint density at radius 1 is 1.22 bits per heavy atom. The molecule has 1 amide bonds. The first-order valence-corrected chi connectivity index (χ1v) is 11.0. The number of carbonyl (C=O) groups is 1. The normalized spacial score (nSPS) is 18.1. The van der Waals surface area contributed by atoms with E-state index in [9.17, 15) is 13.6 Å². The smallest absolute Gasteiger partial charge is 0.276 e. The molecule has 5 rings (SSSR count). The largest absolute Gasteiger partial charge is 0.355 e. The first-order chi connectivity index (χ1) is 15.3. The van der Waals surface area contributed by atoms with Crippen molar-refractivity contribution in [3.8, 4) is 11.3 Å². The third-order valence-electron chi connectivity index (χ3n) is 6.18. The van der Waals surface area contributed by atoms with Crippen LogP contribution in [0.25, 0.3) is 11.3 Å². The number of hydrogen-bond donors (Lipinski definition) is 0. The Bertz CT molecular complexity index is 1330. The molecule has 0 N–H and O–H groups in total. The number of aromatic nitrogens is 3. The maximum absolute atomic E-state index is 14.1. The highest BCUT2D eigenvalue weighted by Crippen LogP contribution is 2.43. The Morgan fingerprint density at radius 3 is 2.75 bits per heavy atom. The van der Waals surface area contributed by atoms with E-state index >= 15 is 0 Å². The number of aryl methyl sites for hydroxylation is 1. The molecular formula is C23H20F2N4O2S. The number of amides is 1.